The van der Waals surface area contributed by atoms with Crippen LogP contribution in [-0.4, -0.2) is 36.6 Å². The molecular weight excluding hydrogens is 571 g/mol. The standard InChI is InChI=1S/C28H27FN4O6S2/c1-5-18-8-6-7-9-21(18)17(2)33-23-13-22(29)26(14-25(23)39-28(33)34)41(35,36)32(27-30-16-31-40-27)15-19-10-11-20(37-3)12-24(19)38-4/h6-14,16-17H,5,15H2,1-4H3. The number of benzene rings is 3. The van der Waals surface area contributed by atoms with Gasteiger partial charge < -0.3 is 13.9 Å². The van der Waals surface area contributed by atoms with Gasteiger partial charge >= 0.3 is 5.76 Å². The molecule has 0 saturated carbocycles. The van der Waals surface area contributed by atoms with E-state index in [0.29, 0.717) is 17.1 Å². The minimum atomic E-state index is -4.56. The van der Waals surface area contributed by atoms with Gasteiger partial charge in [0.1, 0.15) is 28.5 Å². The normalized spacial score (nSPS) is 12.4. The van der Waals surface area contributed by atoms with Gasteiger partial charge in [-0.2, -0.15) is 4.37 Å². The quantitative estimate of drug-likeness (QED) is 0.216. The molecule has 0 aliphatic heterocycles. The molecule has 13 heteroatoms. The van der Waals surface area contributed by atoms with Gasteiger partial charge in [0, 0.05) is 35.3 Å². The zero-order valence-electron chi connectivity index (χ0n) is 22.7. The predicted molar refractivity (Wildman–Crippen MR) is 153 cm³/mol. The number of aryl methyl sites for hydroxylation is 1. The molecule has 0 bridgehead atoms. The molecule has 0 N–H and O–H groups in total. The molecule has 0 radical (unpaired) electrons. The molecule has 0 fully saturated rings. The van der Waals surface area contributed by atoms with Gasteiger partial charge in [0.25, 0.3) is 10.0 Å². The Balaban J connectivity index is 1.61. The molecule has 10 nitrogen and oxygen atoms in total. The number of anilines is 1. The molecule has 1 unspecified atom stereocenters. The topological polar surface area (TPSA) is 117 Å². The number of rotatable bonds is 10. The minimum Gasteiger partial charge on any atom is -0.497 e. The maximum absolute atomic E-state index is 15.8. The highest BCUT2D eigenvalue weighted by Crippen LogP contribution is 2.34. The first-order chi connectivity index (χ1) is 19.7. The first kappa shape index (κ1) is 28.3. The van der Waals surface area contributed by atoms with E-state index >= 15 is 4.39 Å². The van der Waals surface area contributed by atoms with Crippen LogP contribution in [-0.2, 0) is 23.0 Å². The molecule has 3 aromatic carbocycles. The first-order valence-corrected chi connectivity index (χ1v) is 14.8. The van der Waals surface area contributed by atoms with Crippen molar-refractivity contribution in [2.75, 3.05) is 18.5 Å². The largest absolute Gasteiger partial charge is 0.497 e. The lowest BCUT2D eigenvalue weighted by molar-refractivity contribution is 0.391. The van der Waals surface area contributed by atoms with E-state index in [2.05, 4.69) is 9.36 Å². The predicted octanol–water partition coefficient (Wildman–Crippen LogP) is 5.17. The second-order valence-corrected chi connectivity index (χ2v) is 11.7. The lowest BCUT2D eigenvalue weighted by atomic mass is 9.99. The summed E-state index contributed by atoms with van der Waals surface area (Å²) >= 11 is 0.834. The fourth-order valence-electron chi connectivity index (χ4n) is 4.79. The van der Waals surface area contributed by atoms with Crippen LogP contribution in [0.4, 0.5) is 9.52 Å². The van der Waals surface area contributed by atoms with Gasteiger partial charge in [-0.15, -0.1) is 0 Å². The van der Waals surface area contributed by atoms with Crippen LogP contribution in [0.25, 0.3) is 11.1 Å². The van der Waals surface area contributed by atoms with E-state index in [9.17, 15) is 13.2 Å². The number of hydrogen-bond donors (Lipinski definition) is 0. The fraction of sp³-hybridized carbons (Fsp3) is 0.250. The number of ether oxygens (including phenoxy) is 2. The number of nitrogens with zero attached hydrogens (tertiary/aromatic N) is 4. The Kier molecular flexibility index (Phi) is 7.82. The molecule has 5 rings (SSSR count). The summed E-state index contributed by atoms with van der Waals surface area (Å²) in [6, 6.07) is 14.1. The van der Waals surface area contributed by atoms with Crippen LogP contribution in [0.3, 0.4) is 0 Å². The van der Waals surface area contributed by atoms with Crippen molar-refractivity contribution in [2.24, 2.45) is 0 Å². The Morgan fingerprint density at radius 2 is 1.88 bits per heavy atom. The molecule has 0 amide bonds. The highest BCUT2D eigenvalue weighted by atomic mass is 32.2. The third-order valence-corrected chi connectivity index (χ3v) is 9.43. The van der Waals surface area contributed by atoms with Crippen molar-refractivity contribution in [3.8, 4) is 11.5 Å². The van der Waals surface area contributed by atoms with Crippen LogP contribution in [0.15, 0.2) is 75.0 Å². The minimum absolute atomic E-state index is 0.0196. The molecule has 214 valence electrons. The Labute approximate surface area is 239 Å². The van der Waals surface area contributed by atoms with Gasteiger partial charge in [0.05, 0.1) is 32.3 Å². The van der Waals surface area contributed by atoms with Gasteiger partial charge in [-0.05, 0) is 36.6 Å². The van der Waals surface area contributed by atoms with Crippen molar-refractivity contribution in [3.05, 3.63) is 94.0 Å². The molecule has 2 aromatic heterocycles. The van der Waals surface area contributed by atoms with Gasteiger partial charge in [-0.3, -0.25) is 4.57 Å². The second-order valence-electron chi connectivity index (χ2n) is 9.13. The summed E-state index contributed by atoms with van der Waals surface area (Å²) in [6.07, 6.45) is 1.95. The molecular formula is C28H27FN4O6S2. The molecule has 0 aliphatic carbocycles. The van der Waals surface area contributed by atoms with Crippen molar-refractivity contribution in [3.63, 3.8) is 0 Å². The van der Waals surface area contributed by atoms with Crippen molar-refractivity contribution in [2.45, 2.75) is 37.8 Å². The first-order valence-electron chi connectivity index (χ1n) is 12.6. The summed E-state index contributed by atoms with van der Waals surface area (Å²) in [7, 11) is -1.62. The summed E-state index contributed by atoms with van der Waals surface area (Å²) in [5.74, 6) is -0.882. The number of aromatic nitrogens is 3. The lowest BCUT2D eigenvalue weighted by Gasteiger charge is -2.23. The summed E-state index contributed by atoms with van der Waals surface area (Å²) < 4.78 is 66.1. The highest BCUT2D eigenvalue weighted by Gasteiger charge is 2.33. The summed E-state index contributed by atoms with van der Waals surface area (Å²) in [6.45, 7) is 3.58. The Bertz CT molecular complexity index is 1870. The molecule has 5 aromatic rings. The zero-order valence-corrected chi connectivity index (χ0v) is 24.3. The van der Waals surface area contributed by atoms with Crippen LogP contribution in [0, 0.1) is 5.82 Å². The number of fused-ring (bicyclic) bond motifs is 1. The molecule has 0 aliphatic rings. The third kappa shape index (κ3) is 5.18. The number of hydrogen-bond acceptors (Lipinski definition) is 9. The van der Waals surface area contributed by atoms with Crippen molar-refractivity contribution in [1.29, 1.82) is 0 Å². The van der Waals surface area contributed by atoms with E-state index in [4.69, 9.17) is 13.9 Å². The molecule has 41 heavy (non-hydrogen) atoms. The van der Waals surface area contributed by atoms with Crippen LogP contribution >= 0.6 is 11.5 Å². The van der Waals surface area contributed by atoms with E-state index in [-0.39, 0.29) is 22.8 Å². The molecule has 0 saturated heterocycles. The third-order valence-electron chi connectivity index (χ3n) is 6.88. The summed E-state index contributed by atoms with van der Waals surface area (Å²) in [5.41, 5.74) is 2.48. The Morgan fingerprint density at radius 3 is 2.56 bits per heavy atom. The monoisotopic (exact) mass is 598 g/mol. The second kappa shape index (κ2) is 11.3. The Morgan fingerprint density at radius 1 is 1.10 bits per heavy atom. The van der Waals surface area contributed by atoms with E-state index in [0.717, 1.165) is 45.5 Å². The average Bonchev–Trinajstić information content (AvgIpc) is 3.62. The SMILES string of the molecule is CCc1ccccc1C(C)n1c(=O)oc2cc(S(=O)(=O)N(Cc3ccc(OC)cc3OC)c3ncns3)c(F)cc21. The van der Waals surface area contributed by atoms with Crippen molar-refractivity contribution in [1.82, 2.24) is 13.9 Å². The smallest absolute Gasteiger partial charge is 0.420 e. The average molecular weight is 599 g/mol. The summed E-state index contributed by atoms with van der Waals surface area (Å²) in [4.78, 5) is 16.4. The highest BCUT2D eigenvalue weighted by molar-refractivity contribution is 7.93. The van der Waals surface area contributed by atoms with Crippen LogP contribution in [0.2, 0.25) is 0 Å². The van der Waals surface area contributed by atoms with Gasteiger partial charge in [0.15, 0.2) is 5.58 Å². The van der Waals surface area contributed by atoms with Crippen LogP contribution < -0.4 is 19.5 Å². The Hall–Kier alpha value is -4.23. The van der Waals surface area contributed by atoms with Crippen LogP contribution in [0.1, 0.15) is 36.6 Å². The zero-order chi connectivity index (χ0) is 29.3. The van der Waals surface area contributed by atoms with Gasteiger partial charge in [0.2, 0.25) is 5.13 Å². The van der Waals surface area contributed by atoms with E-state index in [1.807, 2.05) is 38.1 Å². The molecule has 2 heterocycles. The number of methoxy groups -OCH3 is 2. The van der Waals surface area contributed by atoms with E-state index in [1.54, 1.807) is 18.2 Å². The maximum Gasteiger partial charge on any atom is 0.420 e. The van der Waals surface area contributed by atoms with E-state index in [1.165, 1.54) is 25.1 Å². The van der Waals surface area contributed by atoms with Gasteiger partial charge in [-0.25, -0.2) is 26.9 Å². The van der Waals surface area contributed by atoms with Gasteiger partial charge in [-0.1, -0.05) is 31.2 Å². The van der Waals surface area contributed by atoms with E-state index < -0.39 is 32.5 Å². The van der Waals surface area contributed by atoms with Crippen LogP contribution in [0.5, 0.6) is 11.5 Å². The number of sulfonamides is 1. The maximum atomic E-state index is 15.8. The van der Waals surface area contributed by atoms with Crippen molar-refractivity contribution < 1.29 is 26.7 Å². The number of oxazole rings is 1. The summed E-state index contributed by atoms with van der Waals surface area (Å²) in [5, 5.41) is 0.0196. The number of halogens is 1. The molecule has 0 spiro atoms. The lowest BCUT2D eigenvalue weighted by Crippen LogP contribution is -2.31. The fourth-order valence-corrected chi connectivity index (χ4v) is 6.98. The molecule has 1 atom stereocenters. The van der Waals surface area contributed by atoms with Crippen molar-refractivity contribution >= 4 is 37.8 Å².